The van der Waals surface area contributed by atoms with Crippen LogP contribution in [-0.4, -0.2) is 19.0 Å². The van der Waals surface area contributed by atoms with Gasteiger partial charge in [-0.15, -0.1) is 0 Å². The average molecular weight is 192 g/mol. The molecule has 0 fully saturated rings. The average Bonchev–Trinajstić information content (AvgIpc) is 2.09. The van der Waals surface area contributed by atoms with E-state index in [1.807, 2.05) is 0 Å². The van der Waals surface area contributed by atoms with Crippen molar-refractivity contribution in [2.24, 2.45) is 0 Å². The van der Waals surface area contributed by atoms with E-state index in [0.29, 0.717) is 0 Å². The van der Waals surface area contributed by atoms with Crippen molar-refractivity contribution in [1.82, 2.24) is 4.90 Å². The molecule has 0 aliphatic rings. The van der Waals surface area contributed by atoms with Gasteiger partial charge in [0.25, 0.3) is 0 Å². The lowest BCUT2D eigenvalue weighted by atomic mass is 9.97. The van der Waals surface area contributed by atoms with Crippen molar-refractivity contribution in [3.8, 4) is 0 Å². The molecule has 0 saturated carbocycles. The number of nitrogens with zero attached hydrogens (tertiary/aromatic N) is 1. The highest BCUT2D eigenvalue weighted by Crippen LogP contribution is 2.24. The van der Waals surface area contributed by atoms with E-state index in [1.165, 1.54) is 22.3 Å². The van der Waals surface area contributed by atoms with E-state index in [2.05, 4.69) is 45.8 Å². The second-order valence-electron chi connectivity index (χ2n) is 4.27. The largest absolute Gasteiger partial charge is 0.398 e. The summed E-state index contributed by atoms with van der Waals surface area (Å²) in [6.07, 6.45) is 0. The van der Waals surface area contributed by atoms with Gasteiger partial charge in [-0.05, 0) is 57.1 Å². The zero-order valence-corrected chi connectivity index (χ0v) is 9.81. The van der Waals surface area contributed by atoms with E-state index < -0.39 is 0 Å². The van der Waals surface area contributed by atoms with Crippen LogP contribution in [-0.2, 0) is 6.54 Å². The Kier molecular flexibility index (Phi) is 3.17. The van der Waals surface area contributed by atoms with Gasteiger partial charge in [0.15, 0.2) is 0 Å². The maximum Gasteiger partial charge on any atom is 0.0376 e. The molecule has 78 valence electrons. The van der Waals surface area contributed by atoms with Gasteiger partial charge in [-0.3, -0.25) is 0 Å². The molecule has 0 radical (unpaired) electrons. The number of rotatable bonds is 2. The minimum atomic E-state index is 0.937. The predicted octanol–water partition coefficient (Wildman–Crippen LogP) is 2.26. The van der Waals surface area contributed by atoms with E-state index in [-0.39, 0.29) is 0 Å². The predicted molar refractivity (Wildman–Crippen MR) is 62.5 cm³/mol. The highest BCUT2D eigenvalue weighted by molar-refractivity contribution is 5.58. The molecular formula is C12H20N2. The maximum absolute atomic E-state index is 6.01. The highest BCUT2D eigenvalue weighted by Gasteiger charge is 2.08. The second kappa shape index (κ2) is 4.01. The number of hydrogen-bond donors (Lipinski definition) is 1. The van der Waals surface area contributed by atoms with E-state index in [0.717, 1.165) is 12.2 Å². The molecule has 2 heteroatoms. The van der Waals surface area contributed by atoms with Crippen LogP contribution in [0.15, 0.2) is 6.07 Å². The van der Waals surface area contributed by atoms with E-state index in [1.54, 1.807) is 0 Å². The number of aryl methyl sites for hydroxylation is 2. The van der Waals surface area contributed by atoms with Gasteiger partial charge in [-0.25, -0.2) is 0 Å². The summed E-state index contributed by atoms with van der Waals surface area (Å²) in [5.41, 5.74) is 12.1. The number of nitrogens with two attached hydrogens (primary N) is 1. The van der Waals surface area contributed by atoms with E-state index in [4.69, 9.17) is 5.73 Å². The molecule has 0 saturated heterocycles. The first-order chi connectivity index (χ1) is 6.43. The van der Waals surface area contributed by atoms with Crippen LogP contribution in [0, 0.1) is 20.8 Å². The molecule has 2 nitrogen and oxygen atoms in total. The van der Waals surface area contributed by atoms with Gasteiger partial charge >= 0.3 is 0 Å². The highest BCUT2D eigenvalue weighted by atomic mass is 15.0. The van der Waals surface area contributed by atoms with Gasteiger partial charge in [-0.2, -0.15) is 0 Å². The number of anilines is 1. The van der Waals surface area contributed by atoms with Crippen molar-refractivity contribution in [3.05, 3.63) is 28.3 Å². The van der Waals surface area contributed by atoms with Crippen LogP contribution in [0.4, 0.5) is 5.69 Å². The molecule has 0 bridgehead atoms. The molecule has 0 atom stereocenters. The van der Waals surface area contributed by atoms with Gasteiger partial charge in [0, 0.05) is 12.2 Å². The second-order valence-corrected chi connectivity index (χ2v) is 4.27. The Morgan fingerprint density at radius 3 is 2.21 bits per heavy atom. The molecule has 0 heterocycles. The van der Waals surface area contributed by atoms with Gasteiger partial charge in [0.05, 0.1) is 0 Å². The normalized spacial score (nSPS) is 11.0. The lowest BCUT2D eigenvalue weighted by Gasteiger charge is -2.18. The van der Waals surface area contributed by atoms with Crippen molar-refractivity contribution < 1.29 is 0 Å². The van der Waals surface area contributed by atoms with Gasteiger partial charge in [-0.1, -0.05) is 6.07 Å². The molecule has 0 aliphatic carbocycles. The molecule has 0 aliphatic heterocycles. The zero-order valence-electron chi connectivity index (χ0n) is 9.81. The number of nitrogen functional groups attached to an aromatic ring is 1. The Hall–Kier alpha value is -1.02. The molecule has 2 N–H and O–H groups in total. The molecule has 0 unspecified atom stereocenters. The van der Waals surface area contributed by atoms with Gasteiger partial charge < -0.3 is 10.6 Å². The summed E-state index contributed by atoms with van der Waals surface area (Å²) in [5.74, 6) is 0. The van der Waals surface area contributed by atoms with Crippen LogP contribution in [0.5, 0.6) is 0 Å². The summed E-state index contributed by atoms with van der Waals surface area (Å²) < 4.78 is 0. The summed E-state index contributed by atoms with van der Waals surface area (Å²) in [6.45, 7) is 7.28. The third-order valence-corrected chi connectivity index (χ3v) is 2.66. The first kappa shape index (κ1) is 11.1. The zero-order chi connectivity index (χ0) is 10.9. The van der Waals surface area contributed by atoms with Crippen LogP contribution < -0.4 is 5.73 Å². The van der Waals surface area contributed by atoms with Crippen LogP contribution >= 0.6 is 0 Å². The van der Waals surface area contributed by atoms with Crippen molar-refractivity contribution in [2.45, 2.75) is 27.3 Å². The summed E-state index contributed by atoms with van der Waals surface area (Å²) in [4.78, 5) is 2.17. The molecular weight excluding hydrogens is 172 g/mol. The Labute approximate surface area is 86.7 Å². The van der Waals surface area contributed by atoms with E-state index in [9.17, 15) is 0 Å². The lowest BCUT2D eigenvalue weighted by Crippen LogP contribution is -2.14. The molecule has 1 aromatic carbocycles. The number of hydrogen-bond acceptors (Lipinski definition) is 2. The molecule has 0 spiro atoms. The van der Waals surface area contributed by atoms with Gasteiger partial charge in [0.1, 0.15) is 0 Å². The Bertz CT molecular complexity index is 341. The SMILES string of the molecule is Cc1cc(C)c(CN(C)C)c(C)c1N. The first-order valence-corrected chi connectivity index (χ1v) is 4.93. The van der Waals surface area contributed by atoms with Crippen LogP contribution in [0.2, 0.25) is 0 Å². The van der Waals surface area contributed by atoms with Crippen LogP contribution in [0.25, 0.3) is 0 Å². The minimum absolute atomic E-state index is 0.937. The maximum atomic E-state index is 6.01. The lowest BCUT2D eigenvalue weighted by molar-refractivity contribution is 0.400. The molecule has 1 aromatic rings. The first-order valence-electron chi connectivity index (χ1n) is 4.93. The topological polar surface area (TPSA) is 29.3 Å². The fraction of sp³-hybridized carbons (Fsp3) is 0.500. The monoisotopic (exact) mass is 192 g/mol. The van der Waals surface area contributed by atoms with Crippen molar-refractivity contribution in [1.29, 1.82) is 0 Å². The van der Waals surface area contributed by atoms with Crippen molar-refractivity contribution in [3.63, 3.8) is 0 Å². The summed E-state index contributed by atoms with van der Waals surface area (Å²) in [6, 6.07) is 2.17. The minimum Gasteiger partial charge on any atom is -0.398 e. The Morgan fingerprint density at radius 2 is 1.71 bits per heavy atom. The standard InChI is InChI=1S/C12H20N2/c1-8-6-9(2)12(13)10(3)11(8)7-14(4)5/h6H,7,13H2,1-5H3. The summed E-state index contributed by atoms with van der Waals surface area (Å²) in [5, 5.41) is 0. The van der Waals surface area contributed by atoms with Crippen LogP contribution in [0.3, 0.4) is 0 Å². The smallest absolute Gasteiger partial charge is 0.0376 e. The van der Waals surface area contributed by atoms with Crippen molar-refractivity contribution >= 4 is 5.69 Å². The van der Waals surface area contributed by atoms with Crippen molar-refractivity contribution in [2.75, 3.05) is 19.8 Å². The Morgan fingerprint density at radius 1 is 1.14 bits per heavy atom. The molecule has 1 rings (SSSR count). The molecule has 0 aromatic heterocycles. The summed E-state index contributed by atoms with van der Waals surface area (Å²) in [7, 11) is 4.16. The Balaban J connectivity index is 3.22. The third-order valence-electron chi connectivity index (χ3n) is 2.66. The molecule has 0 amide bonds. The van der Waals surface area contributed by atoms with Crippen LogP contribution in [0.1, 0.15) is 22.3 Å². The third kappa shape index (κ3) is 2.07. The number of benzene rings is 1. The fourth-order valence-corrected chi connectivity index (χ4v) is 1.80. The quantitative estimate of drug-likeness (QED) is 0.728. The summed E-state index contributed by atoms with van der Waals surface area (Å²) >= 11 is 0. The van der Waals surface area contributed by atoms with Gasteiger partial charge in [0.2, 0.25) is 0 Å². The fourth-order valence-electron chi connectivity index (χ4n) is 1.80. The molecule has 14 heavy (non-hydrogen) atoms. The van der Waals surface area contributed by atoms with E-state index >= 15 is 0 Å².